The lowest BCUT2D eigenvalue weighted by Crippen LogP contribution is -2.56. The molecule has 4 rings (SSSR count). The number of hydrogen-bond donors (Lipinski definition) is 3. The Balaban J connectivity index is 1.52. The Morgan fingerprint density at radius 2 is 1.56 bits per heavy atom. The number of urea groups is 1. The van der Waals surface area contributed by atoms with Crippen LogP contribution in [0.1, 0.15) is 73.7 Å². The Bertz CT molecular complexity index is 1650. The largest absolute Gasteiger partial charge is 0.444 e. The van der Waals surface area contributed by atoms with E-state index in [4.69, 9.17) is 9.47 Å². The van der Waals surface area contributed by atoms with Crippen LogP contribution in [0, 0.1) is 5.92 Å². The summed E-state index contributed by atoms with van der Waals surface area (Å²) in [6.45, 7) is 10.7. The van der Waals surface area contributed by atoms with E-state index in [1.165, 1.54) is 11.3 Å². The monoisotopic (exact) mass is 748 g/mol. The van der Waals surface area contributed by atoms with Crippen LogP contribution in [-0.2, 0) is 40.3 Å². The molecular formula is C39H52N6O5S2. The third kappa shape index (κ3) is 13.0. The first-order valence-corrected chi connectivity index (χ1v) is 19.5. The number of rotatable bonds is 19. The molecule has 4 amide bonds. The lowest BCUT2D eigenvalue weighted by atomic mass is 9.93. The number of hydrogen-bond acceptors (Lipinski definition) is 9. The van der Waals surface area contributed by atoms with Crippen LogP contribution in [0.15, 0.2) is 77.8 Å². The van der Waals surface area contributed by atoms with Gasteiger partial charge in [0.05, 0.1) is 39.8 Å². The number of ether oxygens (including phenoxy) is 2. The van der Waals surface area contributed by atoms with Crippen molar-refractivity contribution in [1.82, 2.24) is 30.8 Å². The molecule has 2 aromatic heterocycles. The summed E-state index contributed by atoms with van der Waals surface area (Å²) in [5.41, 5.74) is 4.56. The minimum atomic E-state index is -0.791. The second-order valence-corrected chi connectivity index (χ2v) is 15.3. The van der Waals surface area contributed by atoms with E-state index < -0.39 is 24.3 Å². The van der Waals surface area contributed by atoms with Crippen LogP contribution in [0.5, 0.6) is 0 Å². The molecule has 2 aromatic carbocycles. The number of benzene rings is 2. The number of thiazole rings is 2. The number of alkyl carbamates (subject to hydrolysis) is 1. The SMILES string of the molecule is CCO[C@@H](C[C@H](Cc1ccccc1)NC(=O)[C@@H](NC(=O)N(C)Cc1csc(C(C)C)n1)C(C)C)[C@H](Cc1ccccc1)NC(=O)OCc1cncs1. The third-order valence-electron chi connectivity index (χ3n) is 8.49. The molecule has 4 atom stereocenters. The standard InChI is InChI=1S/C39H52N6O5S2/c1-7-49-34(33(19-29-16-12-9-13-17-29)43-39(48)50-23-32-21-40-25-52-32)20-30(18-28-14-10-8-11-15-28)41-36(46)35(26(2)3)44-38(47)45(6)22-31-24-51-37(42-31)27(4)5/h8-17,21,24-27,30,33-35H,7,18-20,22-23H2,1-6H3,(H,41,46)(H,43,48)(H,44,47)/t30-,33-,34-,35-/m0/s1. The maximum atomic E-state index is 14.1. The van der Waals surface area contributed by atoms with E-state index in [2.05, 4.69) is 39.8 Å². The van der Waals surface area contributed by atoms with Crippen molar-refractivity contribution in [2.24, 2.45) is 5.92 Å². The zero-order chi connectivity index (χ0) is 37.5. The van der Waals surface area contributed by atoms with Gasteiger partial charge in [-0.2, -0.15) is 0 Å². The normalized spacial score (nSPS) is 13.6. The summed E-state index contributed by atoms with van der Waals surface area (Å²) in [5.74, 6) is -0.171. The van der Waals surface area contributed by atoms with E-state index >= 15 is 0 Å². The second-order valence-electron chi connectivity index (χ2n) is 13.5. The number of nitrogens with zero attached hydrogens (tertiary/aromatic N) is 3. The molecule has 52 heavy (non-hydrogen) atoms. The van der Waals surface area contributed by atoms with Gasteiger partial charge in [0, 0.05) is 37.2 Å². The van der Waals surface area contributed by atoms with Gasteiger partial charge in [0.1, 0.15) is 12.6 Å². The van der Waals surface area contributed by atoms with E-state index in [0.717, 1.165) is 26.7 Å². The lowest BCUT2D eigenvalue weighted by Gasteiger charge is -2.32. The molecule has 0 fully saturated rings. The molecule has 0 saturated carbocycles. The van der Waals surface area contributed by atoms with Crippen molar-refractivity contribution < 1.29 is 23.9 Å². The molecule has 4 aromatic rings. The first-order chi connectivity index (χ1) is 25.0. The van der Waals surface area contributed by atoms with E-state index in [-0.39, 0.29) is 30.5 Å². The molecule has 2 heterocycles. The minimum Gasteiger partial charge on any atom is -0.444 e. The molecule has 0 aliphatic heterocycles. The fraction of sp³-hybridized carbons (Fsp3) is 0.462. The molecule has 0 spiro atoms. The van der Waals surface area contributed by atoms with Crippen molar-refractivity contribution in [1.29, 1.82) is 0 Å². The highest BCUT2D eigenvalue weighted by molar-refractivity contribution is 7.09. The van der Waals surface area contributed by atoms with Gasteiger partial charge in [-0.1, -0.05) is 88.4 Å². The van der Waals surface area contributed by atoms with Gasteiger partial charge in [-0.25, -0.2) is 14.6 Å². The summed E-state index contributed by atoms with van der Waals surface area (Å²) < 4.78 is 11.9. The van der Waals surface area contributed by atoms with Crippen molar-refractivity contribution in [2.75, 3.05) is 13.7 Å². The van der Waals surface area contributed by atoms with Crippen LogP contribution < -0.4 is 16.0 Å². The molecule has 0 aliphatic rings. The molecule has 0 radical (unpaired) electrons. The number of carbonyl (C=O) groups excluding carboxylic acids is 3. The van der Waals surface area contributed by atoms with E-state index in [0.29, 0.717) is 38.3 Å². The van der Waals surface area contributed by atoms with Gasteiger partial charge < -0.3 is 30.3 Å². The summed E-state index contributed by atoms with van der Waals surface area (Å²) in [7, 11) is 1.70. The molecule has 0 aliphatic carbocycles. The predicted molar refractivity (Wildman–Crippen MR) is 206 cm³/mol. The molecule has 0 saturated heterocycles. The van der Waals surface area contributed by atoms with Crippen molar-refractivity contribution in [3.05, 3.63) is 104 Å². The maximum Gasteiger partial charge on any atom is 0.407 e. The summed E-state index contributed by atoms with van der Waals surface area (Å²) >= 11 is 3.00. The summed E-state index contributed by atoms with van der Waals surface area (Å²) in [6, 6.07) is 17.8. The van der Waals surface area contributed by atoms with Gasteiger partial charge in [0.2, 0.25) is 5.91 Å². The average Bonchev–Trinajstić information content (AvgIpc) is 3.83. The first kappa shape index (κ1) is 40.4. The highest BCUT2D eigenvalue weighted by Gasteiger charge is 2.32. The number of aromatic nitrogens is 2. The van der Waals surface area contributed by atoms with Gasteiger partial charge in [-0.3, -0.25) is 9.78 Å². The van der Waals surface area contributed by atoms with Gasteiger partial charge in [-0.05, 0) is 43.2 Å². The first-order valence-electron chi connectivity index (χ1n) is 17.8. The van der Waals surface area contributed by atoms with Crippen LogP contribution in [0.3, 0.4) is 0 Å². The van der Waals surface area contributed by atoms with Crippen molar-refractivity contribution >= 4 is 40.7 Å². The van der Waals surface area contributed by atoms with Crippen LogP contribution in [0.4, 0.5) is 9.59 Å². The van der Waals surface area contributed by atoms with E-state index in [9.17, 15) is 14.4 Å². The minimum absolute atomic E-state index is 0.112. The Labute approximate surface area is 315 Å². The molecule has 0 bridgehead atoms. The number of carbonyl (C=O) groups is 3. The summed E-state index contributed by atoms with van der Waals surface area (Å²) in [5, 5.41) is 12.3. The molecular weight excluding hydrogens is 697 g/mol. The van der Waals surface area contributed by atoms with Crippen molar-refractivity contribution in [2.45, 2.75) is 97.2 Å². The van der Waals surface area contributed by atoms with Crippen molar-refractivity contribution in [3.8, 4) is 0 Å². The number of amides is 4. The molecule has 0 unspecified atom stereocenters. The fourth-order valence-electron chi connectivity index (χ4n) is 5.77. The Hall–Kier alpha value is -4.33. The highest BCUT2D eigenvalue weighted by Crippen LogP contribution is 2.21. The van der Waals surface area contributed by atoms with Crippen LogP contribution in [-0.4, -0.2) is 70.8 Å². The van der Waals surface area contributed by atoms with Crippen LogP contribution in [0.2, 0.25) is 0 Å². The van der Waals surface area contributed by atoms with Crippen LogP contribution >= 0.6 is 22.7 Å². The highest BCUT2D eigenvalue weighted by atomic mass is 32.1. The van der Waals surface area contributed by atoms with Gasteiger partial charge in [0.15, 0.2) is 0 Å². The summed E-state index contributed by atoms with van der Waals surface area (Å²) in [6.07, 6.45) is 2.02. The Kier molecular flexibility index (Phi) is 16.1. The Morgan fingerprint density at radius 3 is 2.13 bits per heavy atom. The second kappa shape index (κ2) is 20.6. The topological polar surface area (TPSA) is 135 Å². The fourth-order valence-corrected chi connectivity index (χ4v) is 7.10. The zero-order valence-corrected chi connectivity index (χ0v) is 32.5. The van der Waals surface area contributed by atoms with Gasteiger partial charge in [0.25, 0.3) is 0 Å². The van der Waals surface area contributed by atoms with E-state index in [1.54, 1.807) is 35.0 Å². The van der Waals surface area contributed by atoms with E-state index in [1.807, 2.05) is 86.8 Å². The summed E-state index contributed by atoms with van der Waals surface area (Å²) in [4.78, 5) is 51.7. The third-order valence-corrected chi connectivity index (χ3v) is 10.4. The average molecular weight is 749 g/mol. The lowest BCUT2D eigenvalue weighted by molar-refractivity contribution is -0.125. The molecule has 13 heteroatoms. The number of nitrogens with one attached hydrogen (secondary N) is 3. The van der Waals surface area contributed by atoms with Gasteiger partial charge in [-0.15, -0.1) is 22.7 Å². The molecule has 11 nitrogen and oxygen atoms in total. The Morgan fingerprint density at radius 1 is 0.885 bits per heavy atom. The quantitative estimate of drug-likeness (QED) is 0.0945. The molecule has 280 valence electrons. The predicted octanol–water partition coefficient (Wildman–Crippen LogP) is 6.95. The smallest absolute Gasteiger partial charge is 0.407 e. The van der Waals surface area contributed by atoms with Crippen molar-refractivity contribution in [3.63, 3.8) is 0 Å². The zero-order valence-electron chi connectivity index (χ0n) is 30.9. The van der Waals surface area contributed by atoms with Gasteiger partial charge >= 0.3 is 12.1 Å². The maximum absolute atomic E-state index is 14.1. The molecule has 3 N–H and O–H groups in total. The van der Waals surface area contributed by atoms with Crippen LogP contribution in [0.25, 0.3) is 0 Å².